The summed E-state index contributed by atoms with van der Waals surface area (Å²) in [5.41, 5.74) is -0.236. The van der Waals surface area contributed by atoms with Crippen molar-refractivity contribution in [1.82, 2.24) is 9.78 Å². The summed E-state index contributed by atoms with van der Waals surface area (Å²) in [6, 6.07) is 15.3. The lowest BCUT2D eigenvalue weighted by Crippen LogP contribution is -2.43. The largest absolute Gasteiger partial charge is 0.367 e. The van der Waals surface area contributed by atoms with E-state index < -0.39 is 23.1 Å². The van der Waals surface area contributed by atoms with Crippen LogP contribution in [0, 0.1) is 34.7 Å². The van der Waals surface area contributed by atoms with E-state index in [0.717, 1.165) is 31.4 Å². The zero-order valence-corrected chi connectivity index (χ0v) is 20.3. The first-order valence-corrected chi connectivity index (χ1v) is 12.2. The molecule has 1 aliphatic carbocycles. The molecule has 0 aliphatic heterocycles. The van der Waals surface area contributed by atoms with Crippen LogP contribution in [0.5, 0.6) is 0 Å². The van der Waals surface area contributed by atoms with Gasteiger partial charge in [0.1, 0.15) is 11.4 Å². The summed E-state index contributed by atoms with van der Waals surface area (Å²) in [5, 5.41) is 15.4. The number of aromatic nitrogens is 2. The number of hydrogen-bond donors (Lipinski definition) is 0. The van der Waals surface area contributed by atoms with E-state index in [4.69, 9.17) is 16.3 Å². The highest BCUT2D eigenvalue weighted by atomic mass is 35.5. The van der Waals surface area contributed by atoms with Crippen LogP contribution in [0.3, 0.4) is 0 Å². The number of nitrogens with zero attached hydrogens (tertiary/aromatic N) is 3. The fourth-order valence-electron chi connectivity index (χ4n) is 5.59. The van der Waals surface area contributed by atoms with Crippen molar-refractivity contribution in [2.75, 3.05) is 7.11 Å². The fraction of sp³-hybridized carbons (Fsp3) is 0.286. The van der Waals surface area contributed by atoms with Crippen molar-refractivity contribution < 1.29 is 17.9 Å². The third-order valence-electron chi connectivity index (χ3n) is 7.14. The second-order valence-electron chi connectivity index (χ2n) is 9.07. The average Bonchev–Trinajstić information content (AvgIpc) is 3.25. The Kier molecular flexibility index (Phi) is 6.50. The molecule has 1 saturated carbocycles. The lowest BCUT2D eigenvalue weighted by Gasteiger charge is -2.43. The minimum Gasteiger partial charge on any atom is -0.367 e. The molecule has 4 nitrogen and oxygen atoms in total. The van der Waals surface area contributed by atoms with Gasteiger partial charge in [0.25, 0.3) is 0 Å². The van der Waals surface area contributed by atoms with E-state index >= 15 is 4.39 Å². The first kappa shape index (κ1) is 24.4. The molecule has 0 radical (unpaired) electrons. The molecule has 0 amide bonds. The predicted molar refractivity (Wildman–Crippen MR) is 131 cm³/mol. The fourth-order valence-corrected chi connectivity index (χ4v) is 5.72. The van der Waals surface area contributed by atoms with Crippen LogP contribution >= 0.6 is 11.6 Å². The lowest BCUT2D eigenvalue weighted by molar-refractivity contribution is -0.0484. The summed E-state index contributed by atoms with van der Waals surface area (Å²) in [6.07, 6.45) is 4.20. The van der Waals surface area contributed by atoms with Gasteiger partial charge in [0, 0.05) is 29.1 Å². The van der Waals surface area contributed by atoms with Crippen molar-refractivity contribution in [2.24, 2.45) is 5.92 Å². The molecule has 0 bridgehead atoms. The second kappa shape index (κ2) is 9.61. The summed E-state index contributed by atoms with van der Waals surface area (Å²) < 4.78 is 52.6. The van der Waals surface area contributed by atoms with E-state index in [1.54, 1.807) is 30.3 Å². The Hall–Kier alpha value is -3.34. The van der Waals surface area contributed by atoms with Gasteiger partial charge in [0.05, 0.1) is 28.5 Å². The first-order valence-electron chi connectivity index (χ1n) is 11.8. The zero-order chi connectivity index (χ0) is 25.4. The van der Waals surface area contributed by atoms with Gasteiger partial charge < -0.3 is 4.74 Å². The van der Waals surface area contributed by atoms with Gasteiger partial charge in [-0.25, -0.2) is 17.9 Å². The van der Waals surface area contributed by atoms with E-state index in [9.17, 15) is 14.0 Å². The molecule has 1 aliphatic rings. The third kappa shape index (κ3) is 3.85. The maximum Gasteiger partial charge on any atom is 0.161 e. The van der Waals surface area contributed by atoms with Gasteiger partial charge in [0.2, 0.25) is 0 Å². The molecule has 0 N–H and O–H groups in total. The Morgan fingerprint density at radius 1 is 1.00 bits per heavy atom. The van der Waals surface area contributed by atoms with Crippen molar-refractivity contribution in [2.45, 2.75) is 37.7 Å². The molecule has 1 unspecified atom stereocenters. The van der Waals surface area contributed by atoms with Crippen LogP contribution in [0.25, 0.3) is 16.6 Å². The van der Waals surface area contributed by atoms with Gasteiger partial charge in [0.15, 0.2) is 11.6 Å². The van der Waals surface area contributed by atoms with Crippen molar-refractivity contribution in [3.8, 4) is 11.8 Å². The van der Waals surface area contributed by atoms with Crippen LogP contribution in [-0.4, -0.2) is 16.9 Å². The Morgan fingerprint density at radius 3 is 2.36 bits per heavy atom. The molecule has 36 heavy (non-hydrogen) atoms. The summed E-state index contributed by atoms with van der Waals surface area (Å²) in [6.45, 7) is 0. The number of benzene rings is 3. The molecule has 5 rings (SSSR count). The van der Waals surface area contributed by atoms with Crippen molar-refractivity contribution in [1.29, 1.82) is 5.26 Å². The van der Waals surface area contributed by atoms with E-state index in [2.05, 4.69) is 11.2 Å². The zero-order valence-electron chi connectivity index (χ0n) is 19.6. The smallest absolute Gasteiger partial charge is 0.161 e. The average molecular weight is 510 g/mol. The predicted octanol–water partition coefficient (Wildman–Crippen LogP) is 7.44. The van der Waals surface area contributed by atoms with E-state index in [1.165, 1.54) is 23.9 Å². The molecule has 1 aromatic heterocycles. The lowest BCUT2D eigenvalue weighted by atomic mass is 9.69. The number of nitriles is 1. The molecular formula is C28H23ClF3N3O. The summed E-state index contributed by atoms with van der Waals surface area (Å²) in [5.74, 6) is -2.96. The summed E-state index contributed by atoms with van der Waals surface area (Å²) in [4.78, 5) is 0. The van der Waals surface area contributed by atoms with Gasteiger partial charge in [-0.3, -0.25) is 0 Å². The number of methoxy groups -OCH3 is 1. The number of rotatable bonds is 5. The van der Waals surface area contributed by atoms with Crippen LogP contribution < -0.4 is 0 Å². The number of hydrogen-bond acceptors (Lipinski definition) is 3. The molecule has 1 heterocycles. The van der Waals surface area contributed by atoms with E-state index in [-0.39, 0.29) is 27.9 Å². The topological polar surface area (TPSA) is 50.8 Å². The minimum absolute atomic E-state index is 0.0728. The third-order valence-corrected chi connectivity index (χ3v) is 7.40. The number of ether oxygens (including phenoxy) is 1. The molecule has 0 spiro atoms. The first-order chi connectivity index (χ1) is 17.4. The molecule has 1 fully saturated rings. The van der Waals surface area contributed by atoms with Gasteiger partial charge in [-0.15, -0.1) is 0 Å². The normalized spacial score (nSPS) is 16.1. The van der Waals surface area contributed by atoms with Crippen LogP contribution in [0.4, 0.5) is 13.2 Å². The highest BCUT2D eigenvalue weighted by Gasteiger charge is 2.49. The Balaban J connectivity index is 1.96. The molecule has 0 saturated heterocycles. The molecule has 1 atom stereocenters. The monoisotopic (exact) mass is 509 g/mol. The van der Waals surface area contributed by atoms with Gasteiger partial charge in [-0.2, -0.15) is 10.4 Å². The van der Waals surface area contributed by atoms with Crippen LogP contribution in [0.15, 0.2) is 54.6 Å². The maximum absolute atomic E-state index is 15.8. The standard InChI is InChI=1S/C28H23ClF3N3O/c1-36-28(18-7-3-2-4-8-18,26-17(16-33)6-5-9-22(26)30)27-21-14-23(31)24(32)15-25(21)34-35(27)20-12-10-19(29)11-13-20/h5-6,9-15,18H,2-4,7-8H2,1H3. The van der Waals surface area contributed by atoms with Crippen LogP contribution in [0.2, 0.25) is 5.02 Å². The van der Waals surface area contributed by atoms with Gasteiger partial charge in [-0.05, 0) is 61.2 Å². The highest BCUT2D eigenvalue weighted by Crippen LogP contribution is 2.50. The molecular weight excluding hydrogens is 487 g/mol. The SMILES string of the molecule is COC(c1c(F)cccc1C#N)(c1c2cc(F)c(F)cc2nn1-c1ccc(Cl)cc1)C1CCCCC1. The van der Waals surface area contributed by atoms with Gasteiger partial charge in [-0.1, -0.05) is 36.9 Å². The highest BCUT2D eigenvalue weighted by molar-refractivity contribution is 6.30. The van der Waals surface area contributed by atoms with Crippen LogP contribution in [0.1, 0.15) is 48.9 Å². The van der Waals surface area contributed by atoms with Crippen molar-refractivity contribution >= 4 is 22.5 Å². The molecule has 3 aromatic carbocycles. The van der Waals surface area contributed by atoms with Crippen molar-refractivity contribution in [3.63, 3.8) is 0 Å². The second-order valence-corrected chi connectivity index (χ2v) is 9.51. The molecule has 4 aromatic rings. The number of halogens is 4. The van der Waals surface area contributed by atoms with Crippen LogP contribution in [-0.2, 0) is 10.3 Å². The Morgan fingerprint density at radius 2 is 1.69 bits per heavy atom. The number of fused-ring (bicyclic) bond motifs is 1. The Bertz CT molecular complexity index is 1470. The summed E-state index contributed by atoms with van der Waals surface area (Å²) >= 11 is 6.12. The van der Waals surface area contributed by atoms with E-state index in [1.807, 2.05) is 0 Å². The Labute approximate surface area is 211 Å². The van der Waals surface area contributed by atoms with Gasteiger partial charge >= 0.3 is 0 Å². The molecule has 184 valence electrons. The summed E-state index contributed by atoms with van der Waals surface area (Å²) in [7, 11) is 1.47. The molecule has 8 heteroatoms. The maximum atomic E-state index is 15.8. The van der Waals surface area contributed by atoms with E-state index in [0.29, 0.717) is 29.2 Å². The minimum atomic E-state index is -1.50. The quantitative estimate of drug-likeness (QED) is 0.281. The van der Waals surface area contributed by atoms with Crippen molar-refractivity contribution in [3.05, 3.63) is 93.9 Å².